The number of benzene rings is 1. The average Bonchev–Trinajstić information content (AvgIpc) is 2.83. The van der Waals surface area contributed by atoms with Crippen LogP contribution in [-0.4, -0.2) is 14.8 Å². The Balaban J connectivity index is 2.01. The van der Waals surface area contributed by atoms with Crippen molar-refractivity contribution >= 4 is 0 Å². The van der Waals surface area contributed by atoms with Gasteiger partial charge in [0.25, 0.3) is 0 Å². The molecule has 1 aromatic carbocycles. The minimum absolute atomic E-state index is 0.0138. The predicted molar refractivity (Wildman–Crippen MR) is 75.5 cm³/mol. The molecule has 0 bridgehead atoms. The van der Waals surface area contributed by atoms with Gasteiger partial charge in [0.2, 0.25) is 0 Å². The van der Waals surface area contributed by atoms with Gasteiger partial charge in [0.05, 0.1) is 6.04 Å². The second-order valence-corrected chi connectivity index (χ2v) is 5.49. The third kappa shape index (κ3) is 2.16. The van der Waals surface area contributed by atoms with Gasteiger partial charge in [-0.25, -0.2) is 0 Å². The second kappa shape index (κ2) is 4.78. The molecule has 100 valence electrons. The number of aryl methyl sites for hydroxylation is 1. The normalized spacial score (nSPS) is 22.3. The Morgan fingerprint density at radius 3 is 2.68 bits per heavy atom. The van der Waals surface area contributed by atoms with Gasteiger partial charge in [-0.15, -0.1) is 10.2 Å². The summed E-state index contributed by atoms with van der Waals surface area (Å²) >= 11 is 0. The standard InChI is InChI=1S/C15H20N4/c1-3-11-4-6-12(7-5-11)14-17-18-15-13(16)8-10(2)9-19(14)15/h4-7,10,13H,3,8-9,16H2,1-2H3. The fourth-order valence-electron chi connectivity index (χ4n) is 2.80. The van der Waals surface area contributed by atoms with Crippen LogP contribution in [0.3, 0.4) is 0 Å². The Morgan fingerprint density at radius 2 is 2.00 bits per heavy atom. The van der Waals surface area contributed by atoms with Crippen molar-refractivity contribution in [2.24, 2.45) is 11.7 Å². The summed E-state index contributed by atoms with van der Waals surface area (Å²) in [6.07, 6.45) is 2.05. The highest BCUT2D eigenvalue weighted by Crippen LogP contribution is 2.30. The smallest absolute Gasteiger partial charge is 0.164 e. The first-order valence-electron chi connectivity index (χ1n) is 6.97. The van der Waals surface area contributed by atoms with Gasteiger partial charge in [-0.05, 0) is 24.3 Å². The molecular formula is C15H20N4. The van der Waals surface area contributed by atoms with Crippen molar-refractivity contribution in [1.82, 2.24) is 14.8 Å². The number of fused-ring (bicyclic) bond motifs is 1. The molecule has 2 aromatic rings. The minimum Gasteiger partial charge on any atom is -0.321 e. The van der Waals surface area contributed by atoms with Crippen LogP contribution in [0, 0.1) is 5.92 Å². The van der Waals surface area contributed by atoms with Crippen molar-refractivity contribution in [1.29, 1.82) is 0 Å². The molecule has 1 aliphatic heterocycles. The molecule has 3 rings (SSSR count). The summed E-state index contributed by atoms with van der Waals surface area (Å²) in [7, 11) is 0. The first-order valence-corrected chi connectivity index (χ1v) is 6.97. The molecule has 0 radical (unpaired) electrons. The van der Waals surface area contributed by atoms with E-state index in [9.17, 15) is 0 Å². The van der Waals surface area contributed by atoms with E-state index >= 15 is 0 Å². The van der Waals surface area contributed by atoms with Crippen molar-refractivity contribution in [3.63, 3.8) is 0 Å². The van der Waals surface area contributed by atoms with Crippen molar-refractivity contribution in [3.05, 3.63) is 35.7 Å². The van der Waals surface area contributed by atoms with E-state index in [0.29, 0.717) is 5.92 Å². The van der Waals surface area contributed by atoms with Gasteiger partial charge >= 0.3 is 0 Å². The average molecular weight is 256 g/mol. The zero-order valence-electron chi connectivity index (χ0n) is 11.5. The van der Waals surface area contributed by atoms with Gasteiger partial charge in [-0.2, -0.15) is 0 Å². The fraction of sp³-hybridized carbons (Fsp3) is 0.467. The van der Waals surface area contributed by atoms with Crippen LogP contribution in [0.2, 0.25) is 0 Å². The lowest BCUT2D eigenvalue weighted by Gasteiger charge is -2.25. The molecule has 1 aromatic heterocycles. The molecule has 0 saturated carbocycles. The molecule has 0 fully saturated rings. The highest BCUT2D eigenvalue weighted by Gasteiger charge is 2.26. The van der Waals surface area contributed by atoms with E-state index in [0.717, 1.165) is 36.6 Å². The zero-order chi connectivity index (χ0) is 13.4. The molecule has 2 heterocycles. The molecule has 0 spiro atoms. The molecule has 4 nitrogen and oxygen atoms in total. The van der Waals surface area contributed by atoms with E-state index < -0.39 is 0 Å². The molecule has 0 aliphatic carbocycles. The number of nitrogens with two attached hydrogens (primary N) is 1. The first kappa shape index (κ1) is 12.4. The number of hydrogen-bond acceptors (Lipinski definition) is 3. The van der Waals surface area contributed by atoms with Crippen molar-refractivity contribution in [2.75, 3.05) is 0 Å². The predicted octanol–water partition coefficient (Wildman–Crippen LogP) is 2.55. The van der Waals surface area contributed by atoms with Crippen LogP contribution in [0.15, 0.2) is 24.3 Å². The topological polar surface area (TPSA) is 56.7 Å². The summed E-state index contributed by atoms with van der Waals surface area (Å²) in [4.78, 5) is 0. The summed E-state index contributed by atoms with van der Waals surface area (Å²) in [5.74, 6) is 2.44. The van der Waals surface area contributed by atoms with E-state index in [1.54, 1.807) is 0 Å². The van der Waals surface area contributed by atoms with Gasteiger partial charge in [-0.1, -0.05) is 38.1 Å². The fourth-order valence-corrected chi connectivity index (χ4v) is 2.80. The SMILES string of the molecule is CCc1ccc(-c2nnc3n2CC(C)CC3N)cc1. The van der Waals surface area contributed by atoms with Gasteiger partial charge in [0.15, 0.2) is 5.82 Å². The van der Waals surface area contributed by atoms with E-state index in [-0.39, 0.29) is 6.04 Å². The Kier molecular flexibility index (Phi) is 3.11. The van der Waals surface area contributed by atoms with E-state index in [1.165, 1.54) is 5.56 Å². The van der Waals surface area contributed by atoms with Gasteiger partial charge in [0, 0.05) is 12.1 Å². The Morgan fingerprint density at radius 1 is 1.26 bits per heavy atom. The number of hydrogen-bond donors (Lipinski definition) is 1. The summed E-state index contributed by atoms with van der Waals surface area (Å²) in [6.45, 7) is 5.35. The van der Waals surface area contributed by atoms with Crippen LogP contribution in [0.5, 0.6) is 0 Å². The van der Waals surface area contributed by atoms with Crippen LogP contribution < -0.4 is 5.73 Å². The highest BCUT2D eigenvalue weighted by molar-refractivity contribution is 5.56. The van der Waals surface area contributed by atoms with Crippen LogP contribution in [-0.2, 0) is 13.0 Å². The maximum atomic E-state index is 6.15. The maximum absolute atomic E-state index is 6.15. The highest BCUT2D eigenvalue weighted by atomic mass is 15.3. The summed E-state index contributed by atoms with van der Waals surface area (Å²) < 4.78 is 2.18. The molecule has 4 heteroatoms. The molecule has 19 heavy (non-hydrogen) atoms. The van der Waals surface area contributed by atoms with E-state index in [4.69, 9.17) is 5.73 Å². The summed E-state index contributed by atoms with van der Waals surface area (Å²) in [6, 6.07) is 8.58. The third-order valence-corrected chi connectivity index (χ3v) is 3.88. The third-order valence-electron chi connectivity index (χ3n) is 3.88. The molecule has 0 saturated heterocycles. The van der Waals surface area contributed by atoms with Gasteiger partial charge in [0.1, 0.15) is 5.82 Å². The van der Waals surface area contributed by atoms with Crippen molar-refractivity contribution in [3.8, 4) is 11.4 Å². The molecule has 2 N–H and O–H groups in total. The van der Waals surface area contributed by atoms with Crippen LogP contribution in [0.1, 0.15) is 37.7 Å². The Hall–Kier alpha value is -1.68. The minimum atomic E-state index is 0.0138. The lowest BCUT2D eigenvalue weighted by Crippen LogP contribution is -2.27. The number of rotatable bonds is 2. The van der Waals surface area contributed by atoms with Gasteiger partial charge < -0.3 is 10.3 Å². The lowest BCUT2D eigenvalue weighted by molar-refractivity contribution is 0.348. The molecular weight excluding hydrogens is 236 g/mol. The van der Waals surface area contributed by atoms with Crippen LogP contribution in [0.4, 0.5) is 0 Å². The first-order chi connectivity index (χ1) is 9.19. The largest absolute Gasteiger partial charge is 0.321 e. The zero-order valence-corrected chi connectivity index (χ0v) is 11.5. The monoisotopic (exact) mass is 256 g/mol. The molecule has 0 amide bonds. The van der Waals surface area contributed by atoms with Crippen LogP contribution in [0.25, 0.3) is 11.4 Å². The van der Waals surface area contributed by atoms with Crippen molar-refractivity contribution < 1.29 is 0 Å². The maximum Gasteiger partial charge on any atom is 0.164 e. The summed E-state index contributed by atoms with van der Waals surface area (Å²) in [5, 5.41) is 8.62. The van der Waals surface area contributed by atoms with E-state index in [1.807, 2.05) is 0 Å². The van der Waals surface area contributed by atoms with Gasteiger partial charge in [-0.3, -0.25) is 0 Å². The molecule has 2 unspecified atom stereocenters. The van der Waals surface area contributed by atoms with Crippen molar-refractivity contribution in [2.45, 2.75) is 39.3 Å². The van der Waals surface area contributed by atoms with Crippen LogP contribution >= 0.6 is 0 Å². The lowest BCUT2D eigenvalue weighted by atomic mass is 9.97. The molecule has 1 aliphatic rings. The number of aromatic nitrogens is 3. The Labute approximate surface area is 113 Å². The second-order valence-electron chi connectivity index (χ2n) is 5.49. The quantitative estimate of drug-likeness (QED) is 0.898. The number of nitrogens with zero attached hydrogens (tertiary/aromatic N) is 3. The summed E-state index contributed by atoms with van der Waals surface area (Å²) in [5.41, 5.74) is 8.61. The molecule has 2 atom stereocenters. The van der Waals surface area contributed by atoms with E-state index in [2.05, 4.69) is 52.9 Å². The Bertz CT molecular complexity index is 570.